The van der Waals surface area contributed by atoms with Gasteiger partial charge in [-0.15, -0.1) is 0 Å². The molecule has 1 amide bonds. The Bertz CT molecular complexity index is 1100. The molecule has 0 aliphatic heterocycles. The summed E-state index contributed by atoms with van der Waals surface area (Å²) in [6.07, 6.45) is -4.61. The van der Waals surface area contributed by atoms with E-state index in [1.165, 1.54) is 36.4 Å². The lowest BCUT2D eigenvalue weighted by Gasteiger charge is -2.12. The van der Waals surface area contributed by atoms with Gasteiger partial charge in [0.15, 0.2) is 15.7 Å². The lowest BCUT2D eigenvalue weighted by molar-refractivity contribution is -0.142. The molecular weight excluding hydrogens is 457 g/mol. The number of anilines is 1. The van der Waals surface area contributed by atoms with Crippen LogP contribution in [0.1, 0.15) is 18.4 Å². The summed E-state index contributed by atoms with van der Waals surface area (Å²) in [6.45, 7) is -1.34. The van der Waals surface area contributed by atoms with Gasteiger partial charge in [0.25, 0.3) is 5.91 Å². The average molecular weight is 477 g/mol. The summed E-state index contributed by atoms with van der Waals surface area (Å²) in [5.41, 5.74) is 0.282. The van der Waals surface area contributed by atoms with Gasteiger partial charge in [0.1, 0.15) is 18.9 Å². The number of carbonyl (C=O) groups excluding carboxylic acids is 1. The number of nitrogens with zero attached hydrogens (tertiary/aromatic N) is 2. The van der Waals surface area contributed by atoms with Crippen molar-refractivity contribution in [3.05, 3.63) is 48.2 Å². The number of carbonyl (C=O) groups is 1. The van der Waals surface area contributed by atoms with E-state index in [9.17, 15) is 35.2 Å². The molecule has 1 saturated carbocycles. The van der Waals surface area contributed by atoms with Crippen molar-refractivity contribution >= 4 is 27.1 Å². The summed E-state index contributed by atoms with van der Waals surface area (Å²) < 4.78 is 88.7. The van der Waals surface area contributed by atoms with E-state index < -0.39 is 46.7 Å². The van der Waals surface area contributed by atoms with E-state index in [1.807, 2.05) is 0 Å². The standard InChI is InChI=1S/C20H20F5N3O3S/c1-32(30,31)14-4-2-13(3-5-14)15(8-12-9-16(21)17(22)10-12)19(29)26-18-6-7-28(27-18)11-20(23,24)25/h2-8,12,16-17H,9-11H2,1H3,(H,26,27,29)/t12?,16-,17+. The van der Waals surface area contributed by atoms with Crippen molar-refractivity contribution in [3.63, 3.8) is 0 Å². The number of amides is 1. The molecule has 32 heavy (non-hydrogen) atoms. The van der Waals surface area contributed by atoms with Crippen LogP contribution in [-0.2, 0) is 21.2 Å². The molecule has 1 aliphatic carbocycles. The van der Waals surface area contributed by atoms with Gasteiger partial charge >= 0.3 is 6.18 Å². The highest BCUT2D eigenvalue weighted by molar-refractivity contribution is 7.90. The third-order valence-corrected chi connectivity index (χ3v) is 6.04. The molecule has 1 unspecified atom stereocenters. The van der Waals surface area contributed by atoms with E-state index in [-0.39, 0.29) is 34.7 Å². The quantitative estimate of drug-likeness (QED) is 0.505. The van der Waals surface area contributed by atoms with Gasteiger partial charge in [-0.3, -0.25) is 9.48 Å². The smallest absolute Gasteiger partial charge is 0.305 e. The molecule has 1 aromatic carbocycles. The van der Waals surface area contributed by atoms with Crippen molar-refractivity contribution in [3.8, 4) is 0 Å². The van der Waals surface area contributed by atoms with E-state index in [0.29, 0.717) is 4.68 Å². The number of rotatable bonds is 6. The Labute approximate surface area is 181 Å². The number of benzene rings is 1. The van der Waals surface area contributed by atoms with Crippen molar-refractivity contribution in [1.82, 2.24) is 9.78 Å². The van der Waals surface area contributed by atoms with Crippen LogP contribution in [0.25, 0.3) is 5.57 Å². The third kappa shape index (κ3) is 6.15. The van der Waals surface area contributed by atoms with Crippen molar-refractivity contribution in [2.45, 2.75) is 42.8 Å². The van der Waals surface area contributed by atoms with E-state index in [0.717, 1.165) is 12.5 Å². The van der Waals surface area contributed by atoms with E-state index >= 15 is 0 Å². The first-order valence-corrected chi connectivity index (χ1v) is 11.4. The van der Waals surface area contributed by atoms with E-state index in [2.05, 4.69) is 10.4 Å². The topological polar surface area (TPSA) is 81.1 Å². The molecule has 0 spiro atoms. The fraction of sp³-hybridized carbons (Fsp3) is 0.400. The van der Waals surface area contributed by atoms with Crippen LogP contribution in [0.3, 0.4) is 0 Å². The maximum Gasteiger partial charge on any atom is 0.408 e. The molecule has 0 radical (unpaired) electrons. The fourth-order valence-corrected chi connectivity index (χ4v) is 4.04. The van der Waals surface area contributed by atoms with Crippen molar-refractivity contribution in [2.24, 2.45) is 5.92 Å². The number of allylic oxidation sites excluding steroid dienone is 1. The van der Waals surface area contributed by atoms with Gasteiger partial charge in [-0.05, 0) is 36.5 Å². The van der Waals surface area contributed by atoms with Crippen LogP contribution < -0.4 is 5.32 Å². The summed E-state index contributed by atoms with van der Waals surface area (Å²) in [5.74, 6) is -1.48. The molecule has 1 aliphatic rings. The zero-order chi connectivity index (χ0) is 23.7. The SMILES string of the molecule is CS(=O)(=O)c1ccc(C(=CC2C[C@@H](F)[C@@H](F)C2)C(=O)Nc2ccn(CC(F)(F)F)n2)cc1. The minimum atomic E-state index is -4.49. The molecule has 12 heteroatoms. The Kier molecular flexibility index (Phi) is 6.72. The molecule has 2 aromatic rings. The highest BCUT2D eigenvalue weighted by atomic mass is 32.2. The summed E-state index contributed by atoms with van der Waals surface area (Å²) in [4.78, 5) is 12.9. The summed E-state index contributed by atoms with van der Waals surface area (Å²) in [7, 11) is -3.49. The molecule has 1 N–H and O–H groups in total. The second kappa shape index (κ2) is 9.00. The maximum absolute atomic E-state index is 13.6. The number of halogens is 5. The average Bonchev–Trinajstić information content (AvgIpc) is 3.23. The minimum absolute atomic E-state index is 0.00159. The first kappa shape index (κ1) is 23.9. The van der Waals surface area contributed by atoms with Gasteiger partial charge in [-0.1, -0.05) is 18.2 Å². The molecule has 6 nitrogen and oxygen atoms in total. The lowest BCUT2D eigenvalue weighted by Crippen LogP contribution is -2.19. The van der Waals surface area contributed by atoms with Crippen molar-refractivity contribution < 1.29 is 35.2 Å². The molecule has 3 atom stereocenters. The van der Waals surface area contributed by atoms with Crippen LogP contribution in [0.5, 0.6) is 0 Å². The van der Waals surface area contributed by atoms with Crippen molar-refractivity contribution in [2.75, 3.05) is 11.6 Å². The third-order valence-electron chi connectivity index (χ3n) is 4.91. The van der Waals surface area contributed by atoms with Crippen LogP contribution in [0.2, 0.25) is 0 Å². The van der Waals surface area contributed by atoms with Gasteiger partial charge in [-0.25, -0.2) is 17.2 Å². The lowest BCUT2D eigenvalue weighted by atomic mass is 9.98. The second-order valence-corrected chi connectivity index (χ2v) is 9.62. The first-order chi connectivity index (χ1) is 14.8. The number of aromatic nitrogens is 2. The molecular formula is C20H20F5N3O3S. The van der Waals surface area contributed by atoms with Gasteiger partial charge in [0.2, 0.25) is 0 Å². The second-order valence-electron chi connectivity index (χ2n) is 7.61. The van der Waals surface area contributed by atoms with Crippen LogP contribution in [0.15, 0.2) is 47.5 Å². The molecule has 174 valence electrons. The van der Waals surface area contributed by atoms with Gasteiger partial charge in [0.05, 0.1) is 4.90 Å². The Morgan fingerprint density at radius 2 is 1.75 bits per heavy atom. The summed E-state index contributed by atoms with van der Waals surface area (Å²) >= 11 is 0. The zero-order valence-electron chi connectivity index (χ0n) is 16.8. The Hall–Kier alpha value is -2.76. The van der Waals surface area contributed by atoms with Crippen LogP contribution >= 0.6 is 0 Å². The van der Waals surface area contributed by atoms with Crippen molar-refractivity contribution in [1.29, 1.82) is 0 Å². The fourth-order valence-electron chi connectivity index (χ4n) is 3.41. The minimum Gasteiger partial charge on any atom is -0.305 e. The molecule has 1 fully saturated rings. The Balaban J connectivity index is 1.88. The first-order valence-electron chi connectivity index (χ1n) is 9.54. The number of hydrogen-bond acceptors (Lipinski definition) is 4. The van der Waals surface area contributed by atoms with E-state index in [1.54, 1.807) is 0 Å². The molecule has 0 saturated heterocycles. The molecule has 1 aromatic heterocycles. The van der Waals surface area contributed by atoms with Crippen LogP contribution in [0.4, 0.5) is 27.8 Å². The normalized spacial score (nSPS) is 22.2. The van der Waals surface area contributed by atoms with Gasteiger partial charge in [0, 0.05) is 24.1 Å². The van der Waals surface area contributed by atoms with Crippen LogP contribution in [-0.4, -0.2) is 48.9 Å². The van der Waals surface area contributed by atoms with Gasteiger partial charge in [-0.2, -0.15) is 18.3 Å². The molecule has 0 bridgehead atoms. The molecule has 1 heterocycles. The Morgan fingerprint density at radius 3 is 2.28 bits per heavy atom. The number of nitrogens with one attached hydrogen (secondary N) is 1. The predicted octanol–water partition coefficient (Wildman–Crippen LogP) is 3.96. The maximum atomic E-state index is 13.6. The van der Waals surface area contributed by atoms with E-state index in [4.69, 9.17) is 0 Å². The number of hydrogen-bond donors (Lipinski definition) is 1. The zero-order valence-corrected chi connectivity index (χ0v) is 17.6. The largest absolute Gasteiger partial charge is 0.408 e. The molecule has 3 rings (SSSR count). The highest BCUT2D eigenvalue weighted by Crippen LogP contribution is 2.34. The highest BCUT2D eigenvalue weighted by Gasteiger charge is 2.34. The summed E-state index contributed by atoms with van der Waals surface area (Å²) in [5, 5.41) is 6.03. The van der Waals surface area contributed by atoms with Crippen LogP contribution in [0, 0.1) is 5.92 Å². The Morgan fingerprint density at radius 1 is 1.16 bits per heavy atom. The number of alkyl halides is 5. The van der Waals surface area contributed by atoms with Gasteiger partial charge < -0.3 is 5.32 Å². The monoisotopic (exact) mass is 477 g/mol. The summed E-state index contributed by atoms with van der Waals surface area (Å²) in [6, 6.07) is 6.50. The number of sulfone groups is 1. The predicted molar refractivity (Wildman–Crippen MR) is 107 cm³/mol.